The highest BCUT2D eigenvalue weighted by Crippen LogP contribution is 2.20. The lowest BCUT2D eigenvalue weighted by atomic mass is 10.1. The van der Waals surface area contributed by atoms with Crippen LogP contribution in [0.15, 0.2) is 24.3 Å². The van der Waals surface area contributed by atoms with Crippen molar-refractivity contribution in [2.24, 2.45) is 11.8 Å². The smallest absolute Gasteiger partial charge is 0.121 e. The minimum Gasteiger partial charge on any atom is -0.493 e. The Morgan fingerprint density at radius 3 is 2.39 bits per heavy atom. The highest BCUT2D eigenvalue weighted by molar-refractivity contribution is 5.48. The van der Waals surface area contributed by atoms with Gasteiger partial charge in [0.05, 0.1) is 6.61 Å². The molecule has 1 N–H and O–H groups in total. The number of nitrogens with one attached hydrogen (secondary N) is 1. The van der Waals surface area contributed by atoms with E-state index < -0.39 is 0 Å². The van der Waals surface area contributed by atoms with E-state index in [1.165, 1.54) is 6.42 Å². The highest BCUT2D eigenvalue weighted by Gasteiger charge is 2.05. The summed E-state index contributed by atoms with van der Waals surface area (Å²) < 4.78 is 5.73. The average molecular weight is 249 g/mol. The Labute approximate surface area is 112 Å². The molecule has 0 saturated carbocycles. The molecule has 0 bridgehead atoms. The molecule has 1 aromatic carbocycles. The van der Waals surface area contributed by atoms with E-state index in [0.717, 1.165) is 18.0 Å². The van der Waals surface area contributed by atoms with E-state index in [9.17, 15) is 0 Å². The minimum atomic E-state index is 0.491. The third-order valence-corrected chi connectivity index (χ3v) is 2.66. The van der Waals surface area contributed by atoms with Gasteiger partial charge in [0.15, 0.2) is 0 Å². The first kappa shape index (κ1) is 14.9. The van der Waals surface area contributed by atoms with Gasteiger partial charge in [-0.3, -0.25) is 0 Å². The van der Waals surface area contributed by atoms with Crippen LogP contribution in [0, 0.1) is 11.8 Å². The van der Waals surface area contributed by atoms with Crippen molar-refractivity contribution in [3.05, 3.63) is 24.3 Å². The van der Waals surface area contributed by atoms with Crippen LogP contribution in [0.1, 0.15) is 41.0 Å². The fourth-order valence-corrected chi connectivity index (χ4v) is 1.99. The lowest BCUT2D eigenvalue weighted by Gasteiger charge is -2.18. The molecule has 1 rings (SSSR count). The summed E-state index contributed by atoms with van der Waals surface area (Å²) >= 11 is 0. The topological polar surface area (TPSA) is 21.3 Å². The Hall–Kier alpha value is -1.18. The number of ether oxygens (including phenoxy) is 1. The van der Waals surface area contributed by atoms with Crippen LogP contribution in [0.3, 0.4) is 0 Å². The number of rotatable bonds is 7. The van der Waals surface area contributed by atoms with Crippen molar-refractivity contribution in [3.63, 3.8) is 0 Å². The first-order valence-electron chi connectivity index (χ1n) is 6.96. The maximum Gasteiger partial charge on any atom is 0.121 e. The van der Waals surface area contributed by atoms with Crippen molar-refractivity contribution in [1.82, 2.24) is 0 Å². The van der Waals surface area contributed by atoms with Gasteiger partial charge in [0, 0.05) is 17.8 Å². The van der Waals surface area contributed by atoms with Crippen molar-refractivity contribution in [3.8, 4) is 5.75 Å². The van der Waals surface area contributed by atoms with Crippen molar-refractivity contribution < 1.29 is 4.74 Å². The lowest BCUT2D eigenvalue weighted by molar-refractivity contribution is 0.271. The van der Waals surface area contributed by atoms with Gasteiger partial charge in [-0.1, -0.05) is 33.8 Å². The molecule has 0 aromatic heterocycles. The zero-order valence-electron chi connectivity index (χ0n) is 12.4. The van der Waals surface area contributed by atoms with E-state index in [4.69, 9.17) is 4.74 Å². The Bertz CT molecular complexity index is 347. The molecular formula is C16H27NO. The van der Waals surface area contributed by atoms with Crippen molar-refractivity contribution in [2.45, 2.75) is 47.1 Å². The van der Waals surface area contributed by atoms with E-state index in [1.54, 1.807) is 0 Å². The Balaban J connectivity index is 2.53. The van der Waals surface area contributed by atoms with Crippen LogP contribution in [0.2, 0.25) is 0 Å². The SMILES string of the molecule is CC(C)COc1cccc(NC(C)CC(C)C)c1. The second kappa shape index (κ2) is 7.30. The van der Waals surface area contributed by atoms with Gasteiger partial charge >= 0.3 is 0 Å². The Morgan fingerprint density at radius 1 is 1.06 bits per heavy atom. The molecule has 2 nitrogen and oxygen atoms in total. The van der Waals surface area contributed by atoms with Gasteiger partial charge in [-0.2, -0.15) is 0 Å². The summed E-state index contributed by atoms with van der Waals surface area (Å²) in [5.74, 6) is 2.22. The van der Waals surface area contributed by atoms with E-state index in [-0.39, 0.29) is 0 Å². The summed E-state index contributed by atoms with van der Waals surface area (Å²) in [6.45, 7) is 11.8. The minimum absolute atomic E-state index is 0.491. The standard InChI is InChI=1S/C16H27NO/c1-12(2)9-14(5)17-15-7-6-8-16(10-15)18-11-13(3)4/h6-8,10,12-14,17H,9,11H2,1-5H3. The van der Waals surface area contributed by atoms with Crippen LogP contribution in [-0.2, 0) is 0 Å². The summed E-state index contributed by atoms with van der Waals surface area (Å²) in [6.07, 6.45) is 1.18. The van der Waals surface area contributed by atoms with Gasteiger partial charge in [0.25, 0.3) is 0 Å². The second-order valence-corrected chi connectivity index (χ2v) is 5.91. The quantitative estimate of drug-likeness (QED) is 0.764. The number of hydrogen-bond acceptors (Lipinski definition) is 2. The zero-order valence-corrected chi connectivity index (χ0v) is 12.4. The van der Waals surface area contributed by atoms with Gasteiger partial charge in [0.1, 0.15) is 5.75 Å². The maximum absolute atomic E-state index is 5.73. The molecule has 2 heteroatoms. The van der Waals surface area contributed by atoms with Crippen molar-refractivity contribution in [2.75, 3.05) is 11.9 Å². The fraction of sp³-hybridized carbons (Fsp3) is 0.625. The zero-order chi connectivity index (χ0) is 13.5. The normalized spacial score (nSPS) is 12.8. The molecule has 0 spiro atoms. The summed E-state index contributed by atoms with van der Waals surface area (Å²) in [5.41, 5.74) is 1.14. The predicted molar refractivity (Wildman–Crippen MR) is 79.3 cm³/mol. The van der Waals surface area contributed by atoms with Gasteiger partial charge in [-0.15, -0.1) is 0 Å². The summed E-state index contributed by atoms with van der Waals surface area (Å²) in [7, 11) is 0. The molecule has 0 amide bonds. The summed E-state index contributed by atoms with van der Waals surface area (Å²) in [4.78, 5) is 0. The average Bonchev–Trinajstić information content (AvgIpc) is 2.25. The maximum atomic E-state index is 5.73. The summed E-state index contributed by atoms with van der Waals surface area (Å²) in [5, 5.41) is 3.52. The van der Waals surface area contributed by atoms with Crippen molar-refractivity contribution in [1.29, 1.82) is 0 Å². The van der Waals surface area contributed by atoms with Gasteiger partial charge < -0.3 is 10.1 Å². The number of anilines is 1. The molecule has 0 saturated heterocycles. The number of benzene rings is 1. The first-order valence-corrected chi connectivity index (χ1v) is 6.96. The van der Waals surface area contributed by atoms with Crippen LogP contribution < -0.4 is 10.1 Å². The molecule has 0 radical (unpaired) electrons. The van der Waals surface area contributed by atoms with E-state index >= 15 is 0 Å². The highest BCUT2D eigenvalue weighted by atomic mass is 16.5. The predicted octanol–water partition coefficient (Wildman–Crippen LogP) is 4.57. The van der Waals surface area contributed by atoms with E-state index in [2.05, 4.69) is 52.1 Å². The molecule has 0 fully saturated rings. The van der Waals surface area contributed by atoms with Gasteiger partial charge in [-0.05, 0) is 37.3 Å². The summed E-state index contributed by atoms with van der Waals surface area (Å²) in [6, 6.07) is 8.73. The second-order valence-electron chi connectivity index (χ2n) is 5.91. The molecule has 1 aromatic rings. The molecule has 18 heavy (non-hydrogen) atoms. The van der Waals surface area contributed by atoms with Crippen LogP contribution >= 0.6 is 0 Å². The monoisotopic (exact) mass is 249 g/mol. The molecule has 0 aliphatic heterocycles. The third-order valence-electron chi connectivity index (χ3n) is 2.66. The van der Waals surface area contributed by atoms with Crippen LogP contribution in [0.4, 0.5) is 5.69 Å². The molecule has 1 atom stereocenters. The lowest BCUT2D eigenvalue weighted by Crippen LogP contribution is -2.17. The van der Waals surface area contributed by atoms with Crippen LogP contribution in [-0.4, -0.2) is 12.6 Å². The molecular weight excluding hydrogens is 222 g/mol. The first-order chi connectivity index (χ1) is 8.47. The third kappa shape index (κ3) is 5.95. The van der Waals surface area contributed by atoms with Gasteiger partial charge in [-0.25, -0.2) is 0 Å². The largest absolute Gasteiger partial charge is 0.493 e. The number of hydrogen-bond donors (Lipinski definition) is 1. The van der Waals surface area contributed by atoms with Gasteiger partial charge in [0.2, 0.25) is 0 Å². The molecule has 0 aliphatic rings. The Kier molecular flexibility index (Phi) is 6.03. The van der Waals surface area contributed by atoms with Crippen molar-refractivity contribution >= 4 is 5.69 Å². The van der Waals surface area contributed by atoms with Crippen LogP contribution in [0.25, 0.3) is 0 Å². The molecule has 102 valence electrons. The van der Waals surface area contributed by atoms with E-state index in [1.807, 2.05) is 12.1 Å². The molecule has 1 unspecified atom stereocenters. The Morgan fingerprint density at radius 2 is 1.78 bits per heavy atom. The van der Waals surface area contributed by atoms with E-state index in [0.29, 0.717) is 17.9 Å². The molecule has 0 aliphatic carbocycles. The fourth-order valence-electron chi connectivity index (χ4n) is 1.99. The van der Waals surface area contributed by atoms with Crippen LogP contribution in [0.5, 0.6) is 5.75 Å². The molecule has 0 heterocycles.